The summed E-state index contributed by atoms with van der Waals surface area (Å²) >= 11 is 6.02. The maximum Gasteiger partial charge on any atom is 0.255 e. The Labute approximate surface area is 218 Å². The van der Waals surface area contributed by atoms with Gasteiger partial charge in [0.25, 0.3) is 5.91 Å². The predicted molar refractivity (Wildman–Crippen MR) is 135 cm³/mol. The van der Waals surface area contributed by atoms with Gasteiger partial charge >= 0.3 is 0 Å². The number of carbonyl (C=O) groups is 2. The number of nitriles is 1. The third-order valence-electron chi connectivity index (χ3n) is 7.65. The Bertz CT molecular complexity index is 919. The number of piperazine rings is 1. The Morgan fingerprint density at radius 3 is 2.31 bits per heavy atom. The van der Waals surface area contributed by atoms with Gasteiger partial charge in [0.05, 0.1) is 19.3 Å². The van der Waals surface area contributed by atoms with E-state index in [-0.39, 0.29) is 17.9 Å². The molecule has 1 atom stereocenters. The van der Waals surface area contributed by atoms with E-state index in [1.165, 1.54) is 5.56 Å². The number of amides is 2. The number of ether oxygens (including phenoxy) is 1. The molecule has 3 aliphatic heterocycles. The number of likely N-dealkylation sites (N-methyl/N-ethyl adjacent to an activating group) is 1. The van der Waals surface area contributed by atoms with Crippen molar-refractivity contribution in [3.8, 4) is 6.07 Å². The summed E-state index contributed by atoms with van der Waals surface area (Å²) in [5.41, 5.74) is 0.232. The maximum atomic E-state index is 13.5. The van der Waals surface area contributed by atoms with Crippen molar-refractivity contribution in [3.63, 3.8) is 0 Å². The third kappa shape index (κ3) is 6.33. The Morgan fingerprint density at radius 1 is 1.08 bits per heavy atom. The van der Waals surface area contributed by atoms with E-state index in [2.05, 4.69) is 25.8 Å². The van der Waals surface area contributed by atoms with Gasteiger partial charge in [0.15, 0.2) is 0 Å². The zero-order chi connectivity index (χ0) is 25.5. The molecule has 0 aromatic carbocycles. The van der Waals surface area contributed by atoms with E-state index in [9.17, 15) is 14.9 Å². The standard InChI is InChI=1S/C25H36ClN7O3/c1-29(26)23(34)22(32-14-16-36-17-15-32)19-31-10-12-33(13-11-31)24(35)25(20-27)4-8-30(9-5-25)18-21-2-6-28-7-3-21/h2-3,6-7,22H,4-5,8-19H2,1H3. The lowest BCUT2D eigenvalue weighted by Crippen LogP contribution is -2.59. The molecule has 196 valence electrons. The van der Waals surface area contributed by atoms with Crippen LogP contribution in [0.1, 0.15) is 18.4 Å². The van der Waals surface area contributed by atoms with Gasteiger partial charge in [-0.05, 0) is 30.5 Å². The fraction of sp³-hybridized carbons (Fsp3) is 0.680. The number of hydrogen-bond donors (Lipinski definition) is 0. The van der Waals surface area contributed by atoms with E-state index in [4.69, 9.17) is 16.5 Å². The van der Waals surface area contributed by atoms with E-state index in [0.717, 1.165) is 24.1 Å². The number of hydrogen-bond acceptors (Lipinski definition) is 8. The lowest BCUT2D eigenvalue weighted by atomic mass is 9.78. The van der Waals surface area contributed by atoms with Gasteiger partial charge in [0.1, 0.15) is 11.5 Å². The van der Waals surface area contributed by atoms with Gasteiger partial charge in [0, 0.05) is 96.7 Å². The molecule has 3 aliphatic rings. The zero-order valence-electron chi connectivity index (χ0n) is 21.0. The van der Waals surface area contributed by atoms with E-state index < -0.39 is 5.41 Å². The zero-order valence-corrected chi connectivity index (χ0v) is 21.8. The topological polar surface area (TPSA) is 96.2 Å². The smallest absolute Gasteiger partial charge is 0.255 e. The molecule has 0 aliphatic carbocycles. The van der Waals surface area contributed by atoms with Crippen molar-refractivity contribution in [1.29, 1.82) is 5.26 Å². The SMILES string of the molecule is CN(Cl)C(=O)C(CN1CCN(C(=O)C2(C#N)CCN(Cc3ccncc3)CC2)CC1)N1CCOCC1. The van der Waals surface area contributed by atoms with Crippen LogP contribution in [-0.4, -0.2) is 126 Å². The highest BCUT2D eigenvalue weighted by Crippen LogP contribution is 2.34. The summed E-state index contributed by atoms with van der Waals surface area (Å²) in [6.45, 7) is 7.86. The van der Waals surface area contributed by atoms with Crippen LogP contribution in [0.5, 0.6) is 0 Å². The fourth-order valence-electron chi connectivity index (χ4n) is 5.34. The summed E-state index contributed by atoms with van der Waals surface area (Å²) in [5, 5.41) is 10.0. The van der Waals surface area contributed by atoms with E-state index in [1.807, 2.05) is 17.0 Å². The highest BCUT2D eigenvalue weighted by molar-refractivity contribution is 6.21. The van der Waals surface area contributed by atoms with Gasteiger partial charge in [-0.3, -0.25) is 33.7 Å². The summed E-state index contributed by atoms with van der Waals surface area (Å²) in [6, 6.07) is 6.05. The number of carbonyl (C=O) groups excluding carboxylic acids is 2. The lowest BCUT2D eigenvalue weighted by molar-refractivity contribution is -0.144. The van der Waals surface area contributed by atoms with Crippen molar-refractivity contribution < 1.29 is 14.3 Å². The number of piperidine rings is 1. The van der Waals surface area contributed by atoms with Gasteiger partial charge in [-0.25, -0.2) is 0 Å². The van der Waals surface area contributed by atoms with Crippen LogP contribution in [0.15, 0.2) is 24.5 Å². The molecular formula is C25H36ClN7O3. The minimum Gasteiger partial charge on any atom is -0.379 e. The summed E-state index contributed by atoms with van der Waals surface area (Å²) in [6.07, 6.45) is 4.66. The van der Waals surface area contributed by atoms with Crippen molar-refractivity contribution in [3.05, 3.63) is 30.1 Å². The first-order chi connectivity index (χ1) is 17.4. The van der Waals surface area contributed by atoms with Crippen molar-refractivity contribution in [1.82, 2.24) is 29.0 Å². The summed E-state index contributed by atoms with van der Waals surface area (Å²) in [7, 11) is 1.57. The molecule has 0 spiro atoms. The number of halogens is 1. The second kappa shape index (κ2) is 12.3. The quantitative estimate of drug-likeness (QED) is 0.486. The van der Waals surface area contributed by atoms with Gasteiger partial charge < -0.3 is 9.64 Å². The summed E-state index contributed by atoms with van der Waals surface area (Å²) < 4.78 is 6.58. The molecule has 36 heavy (non-hydrogen) atoms. The van der Waals surface area contributed by atoms with Crippen LogP contribution in [0.3, 0.4) is 0 Å². The monoisotopic (exact) mass is 517 g/mol. The molecule has 1 aromatic heterocycles. The van der Waals surface area contributed by atoms with Crippen LogP contribution in [0.25, 0.3) is 0 Å². The maximum absolute atomic E-state index is 13.5. The van der Waals surface area contributed by atoms with Crippen molar-refractivity contribution in [2.24, 2.45) is 5.41 Å². The van der Waals surface area contributed by atoms with E-state index >= 15 is 0 Å². The predicted octanol–water partition coefficient (Wildman–Crippen LogP) is 0.645. The molecule has 10 nitrogen and oxygen atoms in total. The van der Waals surface area contributed by atoms with Crippen LogP contribution >= 0.6 is 11.8 Å². The largest absolute Gasteiger partial charge is 0.379 e. The number of aromatic nitrogens is 1. The van der Waals surface area contributed by atoms with Crippen molar-refractivity contribution in [2.75, 3.05) is 79.2 Å². The van der Waals surface area contributed by atoms with Crippen LogP contribution in [-0.2, 0) is 20.9 Å². The molecular weight excluding hydrogens is 482 g/mol. The molecule has 0 bridgehead atoms. The average molecular weight is 518 g/mol. The average Bonchev–Trinajstić information content (AvgIpc) is 2.93. The minimum absolute atomic E-state index is 0.0468. The fourth-order valence-corrected chi connectivity index (χ4v) is 5.45. The van der Waals surface area contributed by atoms with Crippen molar-refractivity contribution in [2.45, 2.75) is 25.4 Å². The van der Waals surface area contributed by atoms with Crippen LogP contribution < -0.4 is 0 Å². The van der Waals surface area contributed by atoms with Gasteiger partial charge in [0.2, 0.25) is 5.91 Å². The second-order valence-corrected chi connectivity index (χ2v) is 10.4. The number of rotatable bonds is 7. The van der Waals surface area contributed by atoms with Gasteiger partial charge in [-0.2, -0.15) is 5.26 Å². The molecule has 3 saturated heterocycles. The Kier molecular flexibility index (Phi) is 9.14. The molecule has 3 fully saturated rings. The molecule has 0 saturated carbocycles. The highest BCUT2D eigenvalue weighted by atomic mass is 35.5. The minimum atomic E-state index is -0.954. The highest BCUT2D eigenvalue weighted by Gasteiger charge is 2.45. The van der Waals surface area contributed by atoms with E-state index in [1.54, 1.807) is 19.4 Å². The Balaban J connectivity index is 1.30. The normalized spacial score (nSPS) is 22.5. The molecule has 4 rings (SSSR count). The van der Waals surface area contributed by atoms with E-state index in [0.29, 0.717) is 71.9 Å². The second-order valence-electron chi connectivity index (χ2n) is 9.90. The lowest BCUT2D eigenvalue weighted by Gasteiger charge is -2.43. The first-order valence-corrected chi connectivity index (χ1v) is 13.0. The third-order valence-corrected chi connectivity index (χ3v) is 7.82. The summed E-state index contributed by atoms with van der Waals surface area (Å²) in [4.78, 5) is 38.9. The molecule has 1 aromatic rings. The molecule has 4 heterocycles. The van der Waals surface area contributed by atoms with Gasteiger partial charge in [-0.15, -0.1) is 0 Å². The van der Waals surface area contributed by atoms with Crippen LogP contribution in [0.2, 0.25) is 0 Å². The number of nitrogens with zero attached hydrogens (tertiary/aromatic N) is 7. The molecule has 11 heteroatoms. The molecule has 0 radical (unpaired) electrons. The van der Waals surface area contributed by atoms with Crippen molar-refractivity contribution >= 4 is 23.6 Å². The first kappa shape index (κ1) is 26.8. The number of morpholine rings is 1. The molecule has 0 N–H and O–H groups in total. The van der Waals surface area contributed by atoms with Gasteiger partial charge in [-0.1, -0.05) is 0 Å². The van der Waals surface area contributed by atoms with Crippen LogP contribution in [0, 0.1) is 16.7 Å². The Hall–Kier alpha value is -2.29. The molecule has 1 unspecified atom stereocenters. The van der Waals surface area contributed by atoms with Crippen LogP contribution in [0.4, 0.5) is 0 Å². The number of pyridine rings is 1. The first-order valence-electron chi connectivity index (χ1n) is 12.7. The Morgan fingerprint density at radius 2 is 1.72 bits per heavy atom. The molecule has 2 amide bonds. The number of likely N-dealkylation sites (tertiary alicyclic amines) is 1. The summed E-state index contributed by atoms with van der Waals surface area (Å²) in [5.74, 6) is -0.173.